The molecule has 2 fully saturated rings. The van der Waals surface area contributed by atoms with Crippen molar-refractivity contribution in [1.29, 1.82) is 0 Å². The van der Waals surface area contributed by atoms with Crippen LogP contribution in [0.1, 0.15) is 47.8 Å². The van der Waals surface area contributed by atoms with Crippen LogP contribution in [0.15, 0.2) is 54.6 Å². The zero-order valence-corrected chi connectivity index (χ0v) is 21.3. The number of benzene rings is 2. The molecule has 0 spiro atoms. The normalized spacial score (nSPS) is 27.9. The van der Waals surface area contributed by atoms with E-state index in [1.165, 1.54) is 0 Å². The largest absolute Gasteiger partial charge is 0.383 e. The summed E-state index contributed by atoms with van der Waals surface area (Å²) in [6, 6.07) is 16.2. The van der Waals surface area contributed by atoms with Gasteiger partial charge >= 0.3 is 0 Å². The molecule has 5 atom stereocenters. The monoisotopic (exact) mass is 522 g/mol. The standard InChI is InChI=1S/C29H32F2N4O3/c1-38-16-25-19-11-13-35(26(19)18-7-3-5-9-22(18)33-25)28(37)20-15-29(30,31)12-10-23(20)34-27(36)24-14-17-6-2-4-8-21(17)32-24/h2-9,14,19-20,23,25-26,32-33H,10-13,15-16H2,1H3,(H,34,36)/t19-,20+,23-,25+,26+/m1/s1. The van der Waals surface area contributed by atoms with Crippen molar-refractivity contribution in [3.63, 3.8) is 0 Å². The Kier molecular flexibility index (Phi) is 6.34. The predicted octanol–water partition coefficient (Wildman–Crippen LogP) is 4.73. The molecular formula is C29H32F2N4O3. The summed E-state index contributed by atoms with van der Waals surface area (Å²) in [5.41, 5.74) is 3.11. The number of rotatable bonds is 5. The number of halogens is 2. The number of carbonyl (C=O) groups excluding carboxylic acids is 2. The minimum Gasteiger partial charge on any atom is -0.383 e. The average molecular weight is 523 g/mol. The number of anilines is 1. The summed E-state index contributed by atoms with van der Waals surface area (Å²) in [6.07, 6.45) is -0.134. The summed E-state index contributed by atoms with van der Waals surface area (Å²) < 4.78 is 34.8. The number of para-hydroxylation sites is 2. The molecule has 2 aliphatic heterocycles. The lowest BCUT2D eigenvalue weighted by Crippen LogP contribution is -2.53. The van der Waals surface area contributed by atoms with Crippen LogP contribution in [0.25, 0.3) is 10.9 Å². The number of methoxy groups -OCH3 is 1. The van der Waals surface area contributed by atoms with Crippen molar-refractivity contribution in [3.05, 3.63) is 65.9 Å². The number of aromatic nitrogens is 1. The second-order valence-electron chi connectivity index (χ2n) is 10.8. The molecule has 0 radical (unpaired) electrons. The van der Waals surface area contributed by atoms with Gasteiger partial charge in [0.05, 0.1) is 24.6 Å². The lowest BCUT2D eigenvalue weighted by Gasteiger charge is -2.42. The average Bonchev–Trinajstić information content (AvgIpc) is 3.55. The van der Waals surface area contributed by atoms with Crippen LogP contribution in [-0.4, -0.2) is 60.0 Å². The molecule has 3 aromatic rings. The van der Waals surface area contributed by atoms with Gasteiger partial charge in [0.1, 0.15) is 5.69 Å². The predicted molar refractivity (Wildman–Crippen MR) is 140 cm³/mol. The highest BCUT2D eigenvalue weighted by Crippen LogP contribution is 2.48. The van der Waals surface area contributed by atoms with Crippen LogP contribution in [0.5, 0.6) is 0 Å². The fraction of sp³-hybridized carbons (Fsp3) is 0.448. The SMILES string of the molecule is COC[C@@H]1Nc2ccccc2[C@H]2[C@@H]1CCN2C(=O)[C@H]1CC(F)(F)CC[C@H]1NC(=O)c1cc2ccccc2[nH]1. The number of likely N-dealkylation sites (tertiary alicyclic amines) is 1. The molecule has 1 saturated carbocycles. The van der Waals surface area contributed by atoms with Crippen LogP contribution in [0.2, 0.25) is 0 Å². The van der Waals surface area contributed by atoms with Crippen LogP contribution >= 0.6 is 0 Å². The van der Waals surface area contributed by atoms with Gasteiger partial charge in [-0.3, -0.25) is 9.59 Å². The van der Waals surface area contributed by atoms with E-state index in [9.17, 15) is 18.4 Å². The van der Waals surface area contributed by atoms with Crippen LogP contribution < -0.4 is 10.6 Å². The molecule has 2 aromatic carbocycles. The molecule has 2 amide bonds. The highest BCUT2D eigenvalue weighted by atomic mass is 19.3. The Morgan fingerprint density at radius 3 is 2.74 bits per heavy atom. The van der Waals surface area contributed by atoms with Crippen molar-refractivity contribution in [3.8, 4) is 0 Å². The van der Waals surface area contributed by atoms with E-state index in [0.717, 1.165) is 28.6 Å². The number of alkyl halides is 2. The minimum atomic E-state index is -2.95. The van der Waals surface area contributed by atoms with Crippen molar-refractivity contribution >= 4 is 28.4 Å². The van der Waals surface area contributed by atoms with Gasteiger partial charge in [-0.2, -0.15) is 0 Å². The molecular weight excluding hydrogens is 490 g/mol. The first-order valence-electron chi connectivity index (χ1n) is 13.3. The molecule has 3 N–H and O–H groups in total. The third-order valence-corrected chi connectivity index (χ3v) is 8.44. The third-order valence-electron chi connectivity index (χ3n) is 8.44. The van der Waals surface area contributed by atoms with Crippen LogP contribution in [0.3, 0.4) is 0 Å². The van der Waals surface area contributed by atoms with Gasteiger partial charge in [0.2, 0.25) is 11.8 Å². The number of hydrogen-bond donors (Lipinski definition) is 3. The van der Waals surface area contributed by atoms with E-state index < -0.39 is 24.3 Å². The summed E-state index contributed by atoms with van der Waals surface area (Å²) in [5, 5.41) is 7.35. The Bertz CT molecular complexity index is 1330. The summed E-state index contributed by atoms with van der Waals surface area (Å²) in [7, 11) is 1.65. The first-order chi connectivity index (χ1) is 18.3. The molecule has 3 aliphatic rings. The van der Waals surface area contributed by atoms with E-state index in [0.29, 0.717) is 18.8 Å². The number of amides is 2. The quantitative estimate of drug-likeness (QED) is 0.452. The zero-order valence-electron chi connectivity index (χ0n) is 21.3. The Morgan fingerprint density at radius 1 is 1.13 bits per heavy atom. The molecule has 38 heavy (non-hydrogen) atoms. The first-order valence-corrected chi connectivity index (χ1v) is 13.3. The van der Waals surface area contributed by atoms with Gasteiger partial charge in [0, 0.05) is 55.0 Å². The number of fused-ring (bicyclic) bond motifs is 4. The molecule has 3 heterocycles. The van der Waals surface area contributed by atoms with Crippen molar-refractivity contribution in [2.75, 3.05) is 25.6 Å². The Hall–Kier alpha value is -3.46. The molecule has 0 unspecified atom stereocenters. The van der Waals surface area contributed by atoms with Crippen molar-refractivity contribution in [1.82, 2.24) is 15.2 Å². The second kappa shape index (κ2) is 9.69. The van der Waals surface area contributed by atoms with Gasteiger partial charge in [-0.1, -0.05) is 36.4 Å². The van der Waals surface area contributed by atoms with Gasteiger partial charge in [0.15, 0.2) is 0 Å². The minimum absolute atomic E-state index is 0.0167. The Morgan fingerprint density at radius 2 is 1.92 bits per heavy atom. The molecule has 1 saturated heterocycles. The molecule has 9 heteroatoms. The van der Waals surface area contributed by atoms with Gasteiger partial charge in [-0.15, -0.1) is 0 Å². The number of carbonyl (C=O) groups is 2. The maximum absolute atomic E-state index is 14.7. The summed E-state index contributed by atoms with van der Waals surface area (Å²) in [6.45, 7) is 0.970. The Labute approximate surface area is 219 Å². The molecule has 1 aromatic heterocycles. The summed E-state index contributed by atoms with van der Waals surface area (Å²) >= 11 is 0. The van der Waals surface area contributed by atoms with E-state index >= 15 is 0 Å². The summed E-state index contributed by atoms with van der Waals surface area (Å²) in [4.78, 5) is 32.1. The lowest BCUT2D eigenvalue weighted by molar-refractivity contribution is -0.146. The molecule has 6 rings (SSSR count). The van der Waals surface area contributed by atoms with E-state index in [1.54, 1.807) is 18.1 Å². The van der Waals surface area contributed by atoms with Gasteiger partial charge in [-0.25, -0.2) is 8.78 Å². The second-order valence-corrected chi connectivity index (χ2v) is 10.8. The number of hydrogen-bond acceptors (Lipinski definition) is 4. The third kappa shape index (κ3) is 4.42. The molecule has 0 bridgehead atoms. The number of ether oxygens (including phenoxy) is 1. The number of aromatic amines is 1. The van der Waals surface area contributed by atoms with E-state index in [2.05, 4.69) is 15.6 Å². The van der Waals surface area contributed by atoms with E-state index in [-0.39, 0.29) is 42.7 Å². The lowest BCUT2D eigenvalue weighted by atomic mass is 9.79. The summed E-state index contributed by atoms with van der Waals surface area (Å²) in [5.74, 6) is -4.55. The van der Waals surface area contributed by atoms with E-state index in [1.807, 2.05) is 48.5 Å². The smallest absolute Gasteiger partial charge is 0.267 e. The van der Waals surface area contributed by atoms with Crippen molar-refractivity contribution in [2.45, 2.75) is 49.7 Å². The first kappa shape index (κ1) is 24.9. The molecule has 200 valence electrons. The van der Waals surface area contributed by atoms with Crippen LogP contribution in [0, 0.1) is 11.8 Å². The highest BCUT2D eigenvalue weighted by Gasteiger charge is 2.51. The Balaban J connectivity index is 1.27. The molecule has 7 nitrogen and oxygen atoms in total. The number of nitrogens with zero attached hydrogens (tertiary/aromatic N) is 1. The van der Waals surface area contributed by atoms with Gasteiger partial charge < -0.3 is 25.3 Å². The maximum atomic E-state index is 14.7. The van der Waals surface area contributed by atoms with Crippen LogP contribution in [-0.2, 0) is 9.53 Å². The van der Waals surface area contributed by atoms with Gasteiger partial charge in [-0.05, 0) is 36.6 Å². The molecule has 1 aliphatic carbocycles. The topological polar surface area (TPSA) is 86.5 Å². The number of nitrogens with one attached hydrogen (secondary N) is 3. The van der Waals surface area contributed by atoms with Crippen LogP contribution in [0.4, 0.5) is 14.5 Å². The van der Waals surface area contributed by atoms with E-state index in [4.69, 9.17) is 4.74 Å². The van der Waals surface area contributed by atoms with Gasteiger partial charge in [0.25, 0.3) is 5.91 Å². The van der Waals surface area contributed by atoms with Crippen molar-refractivity contribution < 1.29 is 23.1 Å². The van der Waals surface area contributed by atoms with Crippen molar-refractivity contribution in [2.24, 2.45) is 11.8 Å². The highest BCUT2D eigenvalue weighted by molar-refractivity contribution is 5.98. The fourth-order valence-corrected chi connectivity index (χ4v) is 6.64. The number of H-pyrrole nitrogens is 1. The maximum Gasteiger partial charge on any atom is 0.267 e. The fourth-order valence-electron chi connectivity index (χ4n) is 6.64. The zero-order chi connectivity index (χ0) is 26.4.